The van der Waals surface area contributed by atoms with E-state index in [1.54, 1.807) is 13.0 Å². The summed E-state index contributed by atoms with van der Waals surface area (Å²) in [6.07, 6.45) is -1.52. The molecule has 20 heavy (non-hydrogen) atoms. The van der Waals surface area contributed by atoms with Gasteiger partial charge in [-0.3, -0.25) is 4.98 Å². The van der Waals surface area contributed by atoms with Crippen LogP contribution in [-0.2, 0) is 6.18 Å². The van der Waals surface area contributed by atoms with Crippen LogP contribution in [0, 0.1) is 6.92 Å². The van der Waals surface area contributed by atoms with Crippen molar-refractivity contribution in [3.8, 4) is 5.69 Å². The predicted molar refractivity (Wildman–Crippen MR) is 66.4 cm³/mol. The summed E-state index contributed by atoms with van der Waals surface area (Å²) >= 11 is 0. The van der Waals surface area contributed by atoms with E-state index in [1.807, 2.05) is 0 Å². The second-order valence-corrected chi connectivity index (χ2v) is 4.35. The number of benzene rings is 1. The van der Waals surface area contributed by atoms with Crippen molar-refractivity contribution >= 4 is 10.9 Å². The molecule has 0 saturated carbocycles. The number of alkyl halides is 3. The Hall–Kier alpha value is -2.44. The first-order valence-corrected chi connectivity index (χ1v) is 5.79. The normalized spacial score (nSPS) is 12.0. The first kappa shape index (κ1) is 12.6. The summed E-state index contributed by atoms with van der Waals surface area (Å²) in [5.41, 5.74) is 0.832. The highest BCUT2D eigenvalue weighted by atomic mass is 19.4. The van der Waals surface area contributed by atoms with Crippen LogP contribution in [0.5, 0.6) is 0 Å². The molecule has 2 heterocycles. The van der Waals surface area contributed by atoms with E-state index in [1.165, 1.54) is 23.4 Å². The molecule has 7 heteroatoms. The zero-order chi connectivity index (χ0) is 14.3. The van der Waals surface area contributed by atoms with E-state index in [9.17, 15) is 13.2 Å². The molecule has 4 nitrogen and oxygen atoms in total. The van der Waals surface area contributed by atoms with Crippen LogP contribution in [0.25, 0.3) is 16.6 Å². The minimum absolute atomic E-state index is 0.283. The van der Waals surface area contributed by atoms with Crippen molar-refractivity contribution in [3.63, 3.8) is 0 Å². The molecule has 0 saturated heterocycles. The standard InChI is InChI=1S/C13H9F3N4/c1-8-4-12(20-7-17-6-18-20)10-3-2-9(13(14,15)16)5-11(10)19-8/h2-7H,1H3. The molecule has 3 aromatic rings. The number of hydrogen-bond acceptors (Lipinski definition) is 3. The van der Waals surface area contributed by atoms with Crippen LogP contribution >= 0.6 is 0 Å². The maximum atomic E-state index is 12.7. The Morgan fingerprint density at radius 1 is 1.15 bits per heavy atom. The number of rotatable bonds is 1. The van der Waals surface area contributed by atoms with Gasteiger partial charge < -0.3 is 0 Å². The topological polar surface area (TPSA) is 43.6 Å². The molecule has 0 amide bonds. The summed E-state index contributed by atoms with van der Waals surface area (Å²) in [7, 11) is 0. The van der Waals surface area contributed by atoms with Crippen LogP contribution < -0.4 is 0 Å². The average Bonchev–Trinajstić information content (AvgIpc) is 2.89. The molecule has 0 aliphatic heterocycles. The third kappa shape index (κ3) is 2.11. The Labute approximate surface area is 111 Å². The van der Waals surface area contributed by atoms with Gasteiger partial charge in [0.25, 0.3) is 0 Å². The Balaban J connectivity index is 2.28. The number of nitrogens with zero attached hydrogens (tertiary/aromatic N) is 4. The van der Waals surface area contributed by atoms with E-state index >= 15 is 0 Å². The van der Waals surface area contributed by atoms with Gasteiger partial charge in [0.15, 0.2) is 0 Å². The van der Waals surface area contributed by atoms with E-state index in [2.05, 4.69) is 15.1 Å². The highest BCUT2D eigenvalue weighted by Gasteiger charge is 2.30. The summed E-state index contributed by atoms with van der Waals surface area (Å²) in [5.74, 6) is 0. The maximum absolute atomic E-state index is 12.7. The van der Waals surface area contributed by atoms with Crippen molar-refractivity contribution < 1.29 is 13.2 Å². The van der Waals surface area contributed by atoms with Gasteiger partial charge in [0.05, 0.1) is 16.8 Å². The molecule has 1 aromatic carbocycles. The molecule has 0 spiro atoms. The summed E-state index contributed by atoms with van der Waals surface area (Å²) < 4.78 is 39.7. The van der Waals surface area contributed by atoms with Crippen molar-refractivity contribution in [3.05, 3.63) is 48.2 Å². The molecule has 2 aromatic heterocycles. The number of fused-ring (bicyclic) bond motifs is 1. The fourth-order valence-electron chi connectivity index (χ4n) is 2.04. The molecule has 0 fully saturated rings. The lowest BCUT2D eigenvalue weighted by Gasteiger charge is -2.10. The molecule has 0 aliphatic rings. The largest absolute Gasteiger partial charge is 0.416 e. The van der Waals surface area contributed by atoms with Crippen LogP contribution in [0.4, 0.5) is 13.2 Å². The Bertz CT molecular complexity index is 763. The summed E-state index contributed by atoms with van der Waals surface area (Å²) in [4.78, 5) is 8.00. The summed E-state index contributed by atoms with van der Waals surface area (Å²) in [6.45, 7) is 1.72. The fourth-order valence-corrected chi connectivity index (χ4v) is 2.04. The maximum Gasteiger partial charge on any atom is 0.416 e. The van der Waals surface area contributed by atoms with Gasteiger partial charge in [-0.2, -0.15) is 18.3 Å². The minimum Gasteiger partial charge on any atom is -0.253 e. The van der Waals surface area contributed by atoms with Crippen molar-refractivity contribution in [1.82, 2.24) is 19.7 Å². The van der Waals surface area contributed by atoms with Gasteiger partial charge in [-0.1, -0.05) is 6.07 Å². The van der Waals surface area contributed by atoms with Gasteiger partial charge >= 0.3 is 6.18 Å². The molecule has 0 unspecified atom stereocenters. The lowest BCUT2D eigenvalue weighted by atomic mass is 10.1. The van der Waals surface area contributed by atoms with Crippen LogP contribution in [0.2, 0.25) is 0 Å². The van der Waals surface area contributed by atoms with E-state index in [-0.39, 0.29) is 5.52 Å². The molecule has 0 atom stereocenters. The second-order valence-electron chi connectivity index (χ2n) is 4.35. The monoisotopic (exact) mass is 278 g/mol. The van der Waals surface area contributed by atoms with Gasteiger partial charge in [0.1, 0.15) is 12.7 Å². The Kier molecular flexibility index (Phi) is 2.70. The summed E-state index contributed by atoms with van der Waals surface area (Å²) in [6, 6.07) is 5.24. The van der Waals surface area contributed by atoms with Gasteiger partial charge in [-0.25, -0.2) is 9.67 Å². The molecule has 0 bridgehead atoms. The van der Waals surface area contributed by atoms with E-state index in [0.717, 1.165) is 12.1 Å². The predicted octanol–water partition coefficient (Wildman–Crippen LogP) is 3.14. The van der Waals surface area contributed by atoms with Gasteiger partial charge in [-0.05, 0) is 25.1 Å². The average molecular weight is 278 g/mol. The number of aromatic nitrogens is 4. The zero-order valence-electron chi connectivity index (χ0n) is 10.4. The molecular formula is C13H9F3N4. The van der Waals surface area contributed by atoms with Gasteiger partial charge in [-0.15, -0.1) is 0 Å². The zero-order valence-corrected chi connectivity index (χ0v) is 10.4. The first-order valence-electron chi connectivity index (χ1n) is 5.79. The Morgan fingerprint density at radius 2 is 1.95 bits per heavy atom. The number of hydrogen-bond donors (Lipinski definition) is 0. The van der Waals surface area contributed by atoms with Crippen LogP contribution in [0.1, 0.15) is 11.3 Å². The van der Waals surface area contributed by atoms with E-state index < -0.39 is 11.7 Å². The number of pyridine rings is 1. The molecule has 102 valence electrons. The molecule has 3 rings (SSSR count). The Morgan fingerprint density at radius 3 is 2.60 bits per heavy atom. The highest BCUT2D eigenvalue weighted by molar-refractivity contribution is 5.87. The SMILES string of the molecule is Cc1cc(-n2cncn2)c2ccc(C(F)(F)F)cc2n1. The van der Waals surface area contributed by atoms with Crippen LogP contribution in [0.3, 0.4) is 0 Å². The second kappa shape index (κ2) is 4.29. The summed E-state index contributed by atoms with van der Waals surface area (Å²) in [5, 5.41) is 4.60. The van der Waals surface area contributed by atoms with Crippen LogP contribution in [-0.4, -0.2) is 19.7 Å². The van der Waals surface area contributed by atoms with Crippen molar-refractivity contribution in [2.24, 2.45) is 0 Å². The number of halogens is 3. The first-order chi connectivity index (χ1) is 9.45. The minimum atomic E-state index is -4.38. The molecular weight excluding hydrogens is 269 g/mol. The highest BCUT2D eigenvalue weighted by Crippen LogP contribution is 2.32. The molecule has 0 radical (unpaired) electrons. The lowest BCUT2D eigenvalue weighted by Crippen LogP contribution is -2.05. The van der Waals surface area contributed by atoms with Crippen molar-refractivity contribution in [2.45, 2.75) is 13.1 Å². The fraction of sp³-hybridized carbons (Fsp3) is 0.154. The third-order valence-corrected chi connectivity index (χ3v) is 2.91. The third-order valence-electron chi connectivity index (χ3n) is 2.91. The van der Waals surface area contributed by atoms with Gasteiger partial charge in [0.2, 0.25) is 0 Å². The van der Waals surface area contributed by atoms with E-state index in [0.29, 0.717) is 16.8 Å². The van der Waals surface area contributed by atoms with E-state index in [4.69, 9.17) is 0 Å². The molecule has 0 aliphatic carbocycles. The van der Waals surface area contributed by atoms with Gasteiger partial charge in [0, 0.05) is 11.1 Å². The number of aryl methyl sites for hydroxylation is 1. The van der Waals surface area contributed by atoms with Crippen molar-refractivity contribution in [1.29, 1.82) is 0 Å². The smallest absolute Gasteiger partial charge is 0.253 e. The van der Waals surface area contributed by atoms with Crippen LogP contribution in [0.15, 0.2) is 36.9 Å². The molecule has 0 N–H and O–H groups in total. The van der Waals surface area contributed by atoms with Crippen molar-refractivity contribution in [2.75, 3.05) is 0 Å². The quantitative estimate of drug-likeness (QED) is 0.686. The lowest BCUT2D eigenvalue weighted by molar-refractivity contribution is -0.137.